The minimum Gasteiger partial charge on any atom is -0.383 e. The van der Waals surface area contributed by atoms with Gasteiger partial charge in [0.05, 0.1) is 6.61 Å². The van der Waals surface area contributed by atoms with Gasteiger partial charge >= 0.3 is 0 Å². The van der Waals surface area contributed by atoms with Gasteiger partial charge in [-0.2, -0.15) is 0 Å². The van der Waals surface area contributed by atoms with E-state index in [-0.39, 0.29) is 0 Å². The molecule has 0 aromatic heterocycles. The van der Waals surface area contributed by atoms with Crippen molar-refractivity contribution in [3.63, 3.8) is 0 Å². The van der Waals surface area contributed by atoms with Crippen LogP contribution in [0.3, 0.4) is 0 Å². The van der Waals surface area contributed by atoms with E-state index < -0.39 is 0 Å². The summed E-state index contributed by atoms with van der Waals surface area (Å²) in [5.74, 6) is 0.971. The highest BCUT2D eigenvalue weighted by molar-refractivity contribution is 4.84. The van der Waals surface area contributed by atoms with Crippen LogP contribution in [-0.2, 0) is 4.74 Å². The van der Waals surface area contributed by atoms with Gasteiger partial charge < -0.3 is 15.0 Å². The standard InChI is InChI=1S/C11H24N2O/c1-10(11-4-5-11)13(2)8-6-12-7-9-14-3/h10-12H,4-9H2,1-3H3. The third kappa shape index (κ3) is 4.40. The van der Waals surface area contributed by atoms with Crippen molar-refractivity contribution in [2.24, 2.45) is 5.92 Å². The van der Waals surface area contributed by atoms with Gasteiger partial charge in [-0.1, -0.05) is 0 Å². The highest BCUT2D eigenvalue weighted by Crippen LogP contribution is 2.34. The summed E-state index contributed by atoms with van der Waals surface area (Å²) < 4.78 is 4.97. The predicted octanol–water partition coefficient (Wildman–Crippen LogP) is 0.953. The number of likely N-dealkylation sites (N-methyl/N-ethyl adjacent to an activating group) is 1. The van der Waals surface area contributed by atoms with Crippen LogP contribution < -0.4 is 5.32 Å². The molecule has 0 amide bonds. The summed E-state index contributed by atoms with van der Waals surface area (Å²) in [7, 11) is 3.96. The lowest BCUT2D eigenvalue weighted by Gasteiger charge is -2.24. The van der Waals surface area contributed by atoms with Crippen LogP contribution in [0.4, 0.5) is 0 Å². The van der Waals surface area contributed by atoms with Crippen molar-refractivity contribution in [1.29, 1.82) is 0 Å². The zero-order valence-electron chi connectivity index (χ0n) is 9.75. The maximum atomic E-state index is 4.97. The summed E-state index contributed by atoms with van der Waals surface area (Å²) in [5, 5.41) is 3.36. The second-order valence-electron chi connectivity index (χ2n) is 4.30. The zero-order chi connectivity index (χ0) is 10.4. The highest BCUT2D eigenvalue weighted by Gasteiger charge is 2.29. The number of methoxy groups -OCH3 is 1. The van der Waals surface area contributed by atoms with Crippen molar-refractivity contribution in [3.8, 4) is 0 Å². The van der Waals surface area contributed by atoms with Gasteiger partial charge in [-0.05, 0) is 32.7 Å². The van der Waals surface area contributed by atoms with Crippen LogP contribution in [0.5, 0.6) is 0 Å². The Hall–Kier alpha value is -0.120. The van der Waals surface area contributed by atoms with Crippen molar-refractivity contribution in [2.45, 2.75) is 25.8 Å². The molecule has 1 rings (SSSR count). The molecule has 0 heterocycles. The van der Waals surface area contributed by atoms with Gasteiger partial charge in [-0.15, -0.1) is 0 Å². The fourth-order valence-electron chi connectivity index (χ4n) is 1.70. The Morgan fingerprint density at radius 1 is 1.43 bits per heavy atom. The van der Waals surface area contributed by atoms with Crippen LogP contribution in [0.25, 0.3) is 0 Å². The maximum absolute atomic E-state index is 4.97. The van der Waals surface area contributed by atoms with E-state index in [2.05, 4.69) is 24.2 Å². The topological polar surface area (TPSA) is 24.5 Å². The van der Waals surface area contributed by atoms with Crippen LogP contribution in [-0.4, -0.2) is 51.3 Å². The minimum absolute atomic E-state index is 0.763. The summed E-state index contributed by atoms with van der Waals surface area (Å²) in [4.78, 5) is 2.46. The molecule has 1 atom stereocenters. The number of nitrogens with one attached hydrogen (secondary N) is 1. The molecular weight excluding hydrogens is 176 g/mol. The number of nitrogens with zero attached hydrogens (tertiary/aromatic N) is 1. The molecule has 1 unspecified atom stereocenters. The lowest BCUT2D eigenvalue weighted by molar-refractivity contribution is 0.193. The number of hydrogen-bond acceptors (Lipinski definition) is 3. The lowest BCUT2D eigenvalue weighted by atomic mass is 10.2. The number of hydrogen-bond donors (Lipinski definition) is 1. The first-order valence-electron chi connectivity index (χ1n) is 5.65. The molecule has 0 saturated heterocycles. The molecule has 0 aromatic carbocycles. The van der Waals surface area contributed by atoms with Crippen molar-refractivity contribution in [3.05, 3.63) is 0 Å². The third-order valence-electron chi connectivity index (χ3n) is 3.12. The Labute approximate surface area is 87.8 Å². The molecule has 0 aliphatic heterocycles. The van der Waals surface area contributed by atoms with E-state index in [1.807, 2.05) is 0 Å². The molecule has 3 nitrogen and oxygen atoms in total. The van der Waals surface area contributed by atoms with Crippen molar-refractivity contribution in [1.82, 2.24) is 10.2 Å². The van der Waals surface area contributed by atoms with Crippen LogP contribution in [0.1, 0.15) is 19.8 Å². The summed E-state index contributed by atoms with van der Waals surface area (Å²) >= 11 is 0. The molecule has 14 heavy (non-hydrogen) atoms. The summed E-state index contributed by atoms with van der Waals surface area (Å²) in [5.41, 5.74) is 0. The molecule has 84 valence electrons. The predicted molar refractivity (Wildman–Crippen MR) is 59.6 cm³/mol. The average molecular weight is 200 g/mol. The molecule has 1 N–H and O–H groups in total. The van der Waals surface area contributed by atoms with Gasteiger partial charge in [0, 0.05) is 32.8 Å². The number of ether oxygens (including phenoxy) is 1. The van der Waals surface area contributed by atoms with Crippen LogP contribution in [0.2, 0.25) is 0 Å². The fraction of sp³-hybridized carbons (Fsp3) is 1.00. The normalized spacial score (nSPS) is 18.9. The number of rotatable bonds is 8. The Kier molecular flexibility index (Phi) is 5.45. The monoisotopic (exact) mass is 200 g/mol. The molecule has 1 aliphatic rings. The van der Waals surface area contributed by atoms with E-state index in [4.69, 9.17) is 4.74 Å². The first-order chi connectivity index (χ1) is 6.75. The minimum atomic E-state index is 0.763. The molecule has 0 aromatic rings. The summed E-state index contributed by atoms with van der Waals surface area (Å²) in [6.45, 7) is 6.31. The Morgan fingerprint density at radius 2 is 2.14 bits per heavy atom. The van der Waals surface area contributed by atoms with E-state index in [1.165, 1.54) is 12.8 Å². The smallest absolute Gasteiger partial charge is 0.0587 e. The summed E-state index contributed by atoms with van der Waals surface area (Å²) in [6, 6.07) is 0.763. The Bertz CT molecular complexity index is 148. The van der Waals surface area contributed by atoms with Crippen molar-refractivity contribution < 1.29 is 4.74 Å². The quantitative estimate of drug-likeness (QED) is 0.591. The Morgan fingerprint density at radius 3 is 2.71 bits per heavy atom. The first kappa shape index (κ1) is 12.0. The zero-order valence-corrected chi connectivity index (χ0v) is 9.75. The lowest BCUT2D eigenvalue weighted by Crippen LogP contribution is -2.37. The maximum Gasteiger partial charge on any atom is 0.0587 e. The van der Waals surface area contributed by atoms with Crippen LogP contribution in [0, 0.1) is 5.92 Å². The molecule has 1 fully saturated rings. The molecular formula is C11H24N2O. The summed E-state index contributed by atoms with van der Waals surface area (Å²) in [6.07, 6.45) is 2.87. The molecule has 0 bridgehead atoms. The largest absolute Gasteiger partial charge is 0.383 e. The Balaban J connectivity index is 1.94. The van der Waals surface area contributed by atoms with Crippen LogP contribution >= 0.6 is 0 Å². The van der Waals surface area contributed by atoms with Crippen molar-refractivity contribution in [2.75, 3.05) is 40.4 Å². The molecule has 1 saturated carbocycles. The second kappa shape index (κ2) is 6.38. The highest BCUT2D eigenvalue weighted by atomic mass is 16.5. The van der Waals surface area contributed by atoms with E-state index in [0.29, 0.717) is 0 Å². The van der Waals surface area contributed by atoms with Gasteiger partial charge in [0.15, 0.2) is 0 Å². The van der Waals surface area contributed by atoms with E-state index in [1.54, 1.807) is 7.11 Å². The molecule has 0 spiro atoms. The van der Waals surface area contributed by atoms with E-state index in [0.717, 1.165) is 38.2 Å². The first-order valence-corrected chi connectivity index (χ1v) is 5.65. The SMILES string of the molecule is COCCNCCN(C)C(C)C1CC1. The van der Waals surface area contributed by atoms with E-state index in [9.17, 15) is 0 Å². The van der Waals surface area contributed by atoms with Gasteiger partial charge in [-0.3, -0.25) is 0 Å². The van der Waals surface area contributed by atoms with E-state index >= 15 is 0 Å². The molecule has 0 radical (unpaired) electrons. The van der Waals surface area contributed by atoms with Gasteiger partial charge in [0.1, 0.15) is 0 Å². The van der Waals surface area contributed by atoms with Gasteiger partial charge in [-0.25, -0.2) is 0 Å². The van der Waals surface area contributed by atoms with Crippen molar-refractivity contribution >= 4 is 0 Å². The van der Waals surface area contributed by atoms with Gasteiger partial charge in [0.2, 0.25) is 0 Å². The van der Waals surface area contributed by atoms with Crippen LogP contribution in [0.15, 0.2) is 0 Å². The fourth-order valence-corrected chi connectivity index (χ4v) is 1.70. The third-order valence-corrected chi connectivity index (χ3v) is 3.12. The second-order valence-corrected chi connectivity index (χ2v) is 4.30. The average Bonchev–Trinajstić information content (AvgIpc) is 2.99. The van der Waals surface area contributed by atoms with Gasteiger partial charge in [0.25, 0.3) is 0 Å². The molecule has 3 heteroatoms. The molecule has 1 aliphatic carbocycles.